The summed E-state index contributed by atoms with van der Waals surface area (Å²) in [5.41, 5.74) is 5.37. The number of methoxy groups -OCH3 is 2. The molecule has 0 saturated heterocycles. The van der Waals surface area contributed by atoms with Gasteiger partial charge in [0.2, 0.25) is 0 Å². The average molecular weight is 258 g/mol. The Bertz CT molecular complexity index is 273. The summed E-state index contributed by atoms with van der Waals surface area (Å²) in [6, 6.07) is 0.361. The number of hydrogen-bond donors (Lipinski definition) is 1. The molecule has 1 rings (SSSR count). The molecule has 0 aliphatic heterocycles. The Hall–Kier alpha value is -0.650. The van der Waals surface area contributed by atoms with Gasteiger partial charge in [-0.25, -0.2) is 0 Å². The van der Waals surface area contributed by atoms with Gasteiger partial charge in [-0.3, -0.25) is 4.79 Å². The van der Waals surface area contributed by atoms with Crippen LogP contribution in [0.25, 0.3) is 0 Å². The molecule has 2 N–H and O–H groups in total. The Kier molecular flexibility index (Phi) is 6.05. The van der Waals surface area contributed by atoms with Crippen LogP contribution in [-0.4, -0.2) is 56.9 Å². The van der Waals surface area contributed by atoms with E-state index in [0.29, 0.717) is 12.5 Å². The smallest absolute Gasteiger partial charge is 0.325 e. The molecule has 0 radical (unpaired) electrons. The third-order valence-electron chi connectivity index (χ3n) is 3.83. The molecular weight excluding hydrogens is 232 g/mol. The van der Waals surface area contributed by atoms with Crippen molar-refractivity contribution in [2.24, 2.45) is 5.73 Å². The molecule has 0 aromatic rings. The first-order chi connectivity index (χ1) is 8.53. The van der Waals surface area contributed by atoms with E-state index in [-0.39, 0.29) is 5.97 Å². The maximum absolute atomic E-state index is 11.7. The lowest BCUT2D eigenvalue weighted by Crippen LogP contribution is -2.55. The summed E-state index contributed by atoms with van der Waals surface area (Å²) in [6.07, 6.45) is 4.48. The molecule has 0 bridgehead atoms. The molecule has 0 aromatic carbocycles. The number of ether oxygens (including phenoxy) is 2. The van der Waals surface area contributed by atoms with Gasteiger partial charge in [0.1, 0.15) is 5.54 Å². The van der Waals surface area contributed by atoms with Gasteiger partial charge >= 0.3 is 5.97 Å². The van der Waals surface area contributed by atoms with Crippen molar-refractivity contribution in [2.45, 2.75) is 43.7 Å². The van der Waals surface area contributed by atoms with Gasteiger partial charge in [-0.15, -0.1) is 0 Å². The predicted octanol–water partition coefficient (Wildman–Crippen LogP) is 0.768. The second kappa shape index (κ2) is 7.07. The van der Waals surface area contributed by atoms with Crippen molar-refractivity contribution in [1.29, 1.82) is 0 Å². The molecule has 106 valence electrons. The molecule has 1 aliphatic rings. The summed E-state index contributed by atoms with van der Waals surface area (Å²) in [6.45, 7) is 1.73. The number of carbonyl (C=O) groups excluding carboxylic acids is 1. The van der Waals surface area contributed by atoms with Crippen molar-refractivity contribution in [2.75, 3.05) is 34.4 Å². The third-order valence-corrected chi connectivity index (χ3v) is 3.83. The van der Waals surface area contributed by atoms with Gasteiger partial charge in [0, 0.05) is 26.3 Å². The molecule has 5 heteroatoms. The minimum absolute atomic E-state index is 0.280. The van der Waals surface area contributed by atoms with Gasteiger partial charge < -0.3 is 20.1 Å². The van der Waals surface area contributed by atoms with Crippen LogP contribution in [0.1, 0.15) is 32.1 Å². The Morgan fingerprint density at radius 3 is 2.83 bits per heavy atom. The van der Waals surface area contributed by atoms with Gasteiger partial charge in [0.15, 0.2) is 0 Å². The second-order valence-electron chi connectivity index (χ2n) is 5.22. The maximum Gasteiger partial charge on any atom is 0.325 e. The summed E-state index contributed by atoms with van der Waals surface area (Å²) >= 11 is 0. The monoisotopic (exact) mass is 258 g/mol. The lowest BCUT2D eigenvalue weighted by molar-refractivity contribution is -0.149. The molecule has 5 nitrogen and oxygen atoms in total. The van der Waals surface area contributed by atoms with Crippen molar-refractivity contribution >= 4 is 5.97 Å². The number of hydrogen-bond acceptors (Lipinski definition) is 5. The molecular formula is C13H26N2O3. The van der Waals surface area contributed by atoms with Crippen LogP contribution in [0.3, 0.4) is 0 Å². The first-order valence-electron chi connectivity index (χ1n) is 6.60. The molecule has 0 heterocycles. The van der Waals surface area contributed by atoms with Gasteiger partial charge in [-0.1, -0.05) is 0 Å². The van der Waals surface area contributed by atoms with Crippen molar-refractivity contribution in [3.05, 3.63) is 0 Å². The van der Waals surface area contributed by atoms with E-state index in [1.807, 2.05) is 0 Å². The fourth-order valence-electron chi connectivity index (χ4n) is 2.68. The summed E-state index contributed by atoms with van der Waals surface area (Å²) in [4.78, 5) is 14.0. The van der Waals surface area contributed by atoms with Crippen molar-refractivity contribution < 1.29 is 14.3 Å². The molecule has 0 spiro atoms. The van der Waals surface area contributed by atoms with Gasteiger partial charge in [-0.2, -0.15) is 0 Å². The lowest BCUT2D eigenvalue weighted by atomic mass is 9.79. The van der Waals surface area contributed by atoms with Crippen LogP contribution in [0.5, 0.6) is 0 Å². The molecule has 2 atom stereocenters. The van der Waals surface area contributed by atoms with Crippen LogP contribution in [-0.2, 0) is 14.3 Å². The van der Waals surface area contributed by atoms with E-state index in [0.717, 1.165) is 38.8 Å². The van der Waals surface area contributed by atoms with E-state index >= 15 is 0 Å². The van der Waals surface area contributed by atoms with E-state index < -0.39 is 5.54 Å². The Balaban J connectivity index is 2.49. The number of nitrogens with two attached hydrogens (primary N) is 1. The number of rotatable bonds is 6. The van der Waals surface area contributed by atoms with Gasteiger partial charge in [0.05, 0.1) is 7.11 Å². The third kappa shape index (κ3) is 3.93. The van der Waals surface area contributed by atoms with Gasteiger partial charge in [-0.05, 0) is 39.2 Å². The van der Waals surface area contributed by atoms with E-state index in [2.05, 4.69) is 11.9 Å². The van der Waals surface area contributed by atoms with Crippen LogP contribution >= 0.6 is 0 Å². The normalized spacial score (nSPS) is 28.4. The summed E-state index contributed by atoms with van der Waals surface area (Å²) in [5, 5.41) is 0. The first kappa shape index (κ1) is 15.4. The molecule has 0 aromatic heterocycles. The highest BCUT2D eigenvalue weighted by atomic mass is 16.5. The van der Waals surface area contributed by atoms with E-state index in [9.17, 15) is 4.79 Å². The highest BCUT2D eigenvalue weighted by molar-refractivity contribution is 5.80. The Morgan fingerprint density at radius 2 is 2.22 bits per heavy atom. The quantitative estimate of drug-likeness (QED) is 0.563. The van der Waals surface area contributed by atoms with Crippen molar-refractivity contribution in [1.82, 2.24) is 4.90 Å². The Morgan fingerprint density at radius 1 is 1.50 bits per heavy atom. The fourth-order valence-corrected chi connectivity index (χ4v) is 2.68. The SMILES string of the molecule is COCCCN(C)C1CCCC(N)(C(=O)OC)C1. The summed E-state index contributed by atoms with van der Waals surface area (Å²) in [5.74, 6) is -0.280. The van der Waals surface area contributed by atoms with Crippen molar-refractivity contribution in [3.8, 4) is 0 Å². The molecule has 18 heavy (non-hydrogen) atoms. The van der Waals surface area contributed by atoms with E-state index in [1.165, 1.54) is 7.11 Å². The second-order valence-corrected chi connectivity index (χ2v) is 5.22. The standard InChI is InChI=1S/C13H26N2O3/c1-15(8-5-9-17-2)11-6-4-7-13(14,10-11)12(16)18-3/h11H,4-10,14H2,1-3H3. The van der Waals surface area contributed by atoms with Crippen LogP contribution in [0.15, 0.2) is 0 Å². The minimum Gasteiger partial charge on any atom is -0.468 e. The van der Waals surface area contributed by atoms with Crippen LogP contribution in [0, 0.1) is 0 Å². The van der Waals surface area contributed by atoms with E-state index in [4.69, 9.17) is 15.2 Å². The molecule has 1 aliphatic carbocycles. The highest BCUT2D eigenvalue weighted by Gasteiger charge is 2.41. The average Bonchev–Trinajstić information content (AvgIpc) is 2.38. The fraction of sp³-hybridized carbons (Fsp3) is 0.923. The zero-order chi connectivity index (χ0) is 13.6. The first-order valence-corrected chi connectivity index (χ1v) is 6.60. The van der Waals surface area contributed by atoms with E-state index in [1.54, 1.807) is 7.11 Å². The van der Waals surface area contributed by atoms with Crippen LogP contribution < -0.4 is 5.73 Å². The molecule has 2 unspecified atom stereocenters. The largest absolute Gasteiger partial charge is 0.468 e. The summed E-state index contributed by atoms with van der Waals surface area (Å²) < 4.78 is 9.87. The predicted molar refractivity (Wildman–Crippen MR) is 70.3 cm³/mol. The molecule has 0 amide bonds. The minimum atomic E-state index is -0.798. The molecule has 1 saturated carbocycles. The van der Waals surface area contributed by atoms with Crippen LogP contribution in [0.2, 0.25) is 0 Å². The number of esters is 1. The van der Waals surface area contributed by atoms with Crippen molar-refractivity contribution in [3.63, 3.8) is 0 Å². The zero-order valence-electron chi connectivity index (χ0n) is 11.8. The number of carbonyl (C=O) groups is 1. The lowest BCUT2D eigenvalue weighted by Gasteiger charge is -2.39. The summed E-state index contributed by atoms with van der Waals surface area (Å²) in [7, 11) is 5.20. The number of nitrogens with zero attached hydrogens (tertiary/aromatic N) is 1. The van der Waals surface area contributed by atoms with Crippen LogP contribution in [0.4, 0.5) is 0 Å². The maximum atomic E-state index is 11.7. The highest BCUT2D eigenvalue weighted by Crippen LogP contribution is 2.30. The zero-order valence-corrected chi connectivity index (χ0v) is 11.8. The molecule has 1 fully saturated rings. The Labute approximate surface area is 110 Å². The van der Waals surface area contributed by atoms with Gasteiger partial charge in [0.25, 0.3) is 0 Å². The topological polar surface area (TPSA) is 64.8 Å².